The van der Waals surface area contributed by atoms with E-state index in [1.54, 1.807) is 0 Å². The first-order valence-corrected chi connectivity index (χ1v) is 40.3. The molecule has 2 unspecified atom stereocenters. The molecule has 0 saturated carbocycles. The van der Waals surface area contributed by atoms with Crippen LogP contribution in [0.4, 0.5) is 0 Å². The Morgan fingerprint density at radius 3 is 0.656 bits per heavy atom. The van der Waals surface area contributed by atoms with Crippen LogP contribution in [0, 0.1) is 0 Å². The van der Waals surface area contributed by atoms with E-state index in [1.807, 2.05) is 0 Å². The van der Waals surface area contributed by atoms with Crippen molar-refractivity contribution >= 4 is 39.5 Å². The van der Waals surface area contributed by atoms with Crippen molar-refractivity contribution in [3.8, 4) is 0 Å². The smallest absolute Gasteiger partial charge is 0.462 e. The summed E-state index contributed by atoms with van der Waals surface area (Å²) in [4.78, 5) is 72.3. The lowest BCUT2D eigenvalue weighted by atomic mass is 10.0. The summed E-state index contributed by atoms with van der Waals surface area (Å²) in [6, 6.07) is 0. The number of carbonyl (C=O) groups is 4. The third-order valence-corrected chi connectivity index (χ3v) is 18.5. The van der Waals surface area contributed by atoms with Crippen molar-refractivity contribution in [2.24, 2.45) is 0 Å². The number of rotatable bonds is 72. The summed E-state index contributed by atoms with van der Waals surface area (Å²) in [5, 5.41) is 10.6. The first-order chi connectivity index (χ1) is 43.7. The van der Waals surface area contributed by atoms with Gasteiger partial charge in [0.25, 0.3) is 0 Å². The zero-order valence-corrected chi connectivity index (χ0v) is 59.9. The second kappa shape index (κ2) is 65.7. The number of phosphoric acid groups is 2. The van der Waals surface area contributed by atoms with Crippen molar-refractivity contribution in [1.82, 2.24) is 0 Å². The monoisotopic (exact) mass is 1320 g/mol. The van der Waals surface area contributed by atoms with Crippen LogP contribution < -0.4 is 0 Å². The normalized spacial score (nSPS) is 14.0. The zero-order valence-electron chi connectivity index (χ0n) is 58.1. The molecule has 0 aliphatic heterocycles. The van der Waals surface area contributed by atoms with Gasteiger partial charge in [0.1, 0.15) is 19.3 Å². The Labute approximate surface area is 549 Å². The molecule has 17 nitrogen and oxygen atoms in total. The minimum atomic E-state index is -4.95. The first-order valence-electron chi connectivity index (χ1n) is 37.3. The first kappa shape index (κ1) is 88.1. The van der Waals surface area contributed by atoms with Crippen LogP contribution >= 0.6 is 15.6 Å². The van der Waals surface area contributed by atoms with Gasteiger partial charge in [-0.15, -0.1) is 0 Å². The molecule has 3 N–H and O–H groups in total. The molecule has 0 fully saturated rings. The minimum Gasteiger partial charge on any atom is -0.462 e. The standard InChI is InChI=1S/C71H138O17P2/c1-5-9-13-17-20-23-26-29-31-33-36-38-41-44-48-52-56-69(74)82-62-67(88-71(76)58-54-50-46-43-40-37-34-32-30-27-24-21-18-14-10-6-2)64-86-90(79,80)84-60-65(72)59-83-89(77,78)85-63-66(61-81-68(73)55-51-47-16-12-8-4)87-70(75)57-53-49-45-42-39-35-28-25-22-19-15-11-7-3/h65-67,72H,5-64H2,1-4H3,(H,77,78)(H,79,80)/t65-,66+,67+/m0/s1. The summed E-state index contributed by atoms with van der Waals surface area (Å²) >= 11 is 0. The molecule has 0 aromatic rings. The van der Waals surface area contributed by atoms with Gasteiger partial charge in [-0.25, -0.2) is 9.13 Å². The van der Waals surface area contributed by atoms with Crippen molar-refractivity contribution < 1.29 is 80.2 Å². The fourth-order valence-electron chi connectivity index (χ4n) is 10.9. The van der Waals surface area contributed by atoms with Gasteiger partial charge >= 0.3 is 39.5 Å². The van der Waals surface area contributed by atoms with Crippen molar-refractivity contribution in [3.05, 3.63) is 0 Å². The molecule has 0 aliphatic rings. The van der Waals surface area contributed by atoms with Crippen LogP contribution in [0.15, 0.2) is 0 Å². The lowest BCUT2D eigenvalue weighted by molar-refractivity contribution is -0.161. The van der Waals surface area contributed by atoms with E-state index in [4.69, 9.17) is 37.0 Å². The fourth-order valence-corrected chi connectivity index (χ4v) is 12.4. The lowest BCUT2D eigenvalue weighted by Gasteiger charge is -2.21. The van der Waals surface area contributed by atoms with E-state index in [1.165, 1.54) is 199 Å². The SMILES string of the molecule is CCCCCCCCCCCCCCCCCCC(=O)OC[C@H](COP(=O)(O)OC[C@@H](O)COP(=O)(O)OC[C@@H](COC(=O)CCCCCCC)OC(=O)CCCCCCCCCCCCCCC)OC(=O)CCCCCCCCCCCCCCCCCC. The van der Waals surface area contributed by atoms with Crippen LogP contribution in [0.1, 0.15) is 374 Å². The van der Waals surface area contributed by atoms with Gasteiger partial charge in [-0.05, 0) is 25.7 Å². The predicted molar refractivity (Wildman–Crippen MR) is 363 cm³/mol. The van der Waals surface area contributed by atoms with Gasteiger partial charge in [-0.3, -0.25) is 37.3 Å². The molecule has 0 heterocycles. The Kier molecular flexibility index (Phi) is 64.3. The number of unbranched alkanes of at least 4 members (excludes halogenated alkanes) is 46. The number of esters is 4. The van der Waals surface area contributed by atoms with E-state index in [9.17, 15) is 43.2 Å². The van der Waals surface area contributed by atoms with E-state index in [-0.39, 0.29) is 25.7 Å². The average molecular weight is 1330 g/mol. The average Bonchev–Trinajstić information content (AvgIpc) is 3.53. The second-order valence-corrected chi connectivity index (χ2v) is 28.5. The van der Waals surface area contributed by atoms with Crippen LogP contribution in [0.3, 0.4) is 0 Å². The summed E-state index contributed by atoms with van der Waals surface area (Å²) in [7, 11) is -9.89. The van der Waals surface area contributed by atoms with Crippen molar-refractivity contribution in [1.29, 1.82) is 0 Å². The maximum absolute atomic E-state index is 13.0. The number of hydrogen-bond acceptors (Lipinski definition) is 15. The maximum Gasteiger partial charge on any atom is 0.472 e. The molecule has 0 aromatic heterocycles. The van der Waals surface area contributed by atoms with Crippen LogP contribution in [-0.4, -0.2) is 96.7 Å². The summed E-state index contributed by atoms with van der Waals surface area (Å²) in [5.74, 6) is -2.13. The number of ether oxygens (including phenoxy) is 4. The largest absolute Gasteiger partial charge is 0.472 e. The van der Waals surface area contributed by atoms with Crippen LogP contribution in [-0.2, 0) is 65.4 Å². The third-order valence-electron chi connectivity index (χ3n) is 16.6. The van der Waals surface area contributed by atoms with Gasteiger partial charge in [0.2, 0.25) is 0 Å². The van der Waals surface area contributed by atoms with Gasteiger partial charge in [-0.2, -0.15) is 0 Å². The topological polar surface area (TPSA) is 237 Å². The molecule has 0 aliphatic carbocycles. The summed E-state index contributed by atoms with van der Waals surface area (Å²) < 4.78 is 68.1. The molecular formula is C71H138O17P2. The molecule has 534 valence electrons. The van der Waals surface area contributed by atoms with Crippen LogP contribution in [0.25, 0.3) is 0 Å². The van der Waals surface area contributed by atoms with Gasteiger partial charge in [0, 0.05) is 25.7 Å². The third kappa shape index (κ3) is 64.8. The molecule has 0 amide bonds. The lowest BCUT2D eigenvalue weighted by Crippen LogP contribution is -2.30. The van der Waals surface area contributed by atoms with Gasteiger partial charge < -0.3 is 33.8 Å². The number of carbonyl (C=O) groups excluding carboxylic acids is 4. The summed E-state index contributed by atoms with van der Waals surface area (Å²) in [6.07, 6.45) is 54.4. The Bertz CT molecular complexity index is 1720. The zero-order chi connectivity index (χ0) is 66.1. The Morgan fingerprint density at radius 2 is 0.444 bits per heavy atom. The van der Waals surface area contributed by atoms with Gasteiger partial charge in [0.15, 0.2) is 12.2 Å². The fraction of sp³-hybridized carbons (Fsp3) is 0.944. The number of phosphoric ester groups is 2. The molecule has 0 spiro atoms. The molecule has 0 bridgehead atoms. The van der Waals surface area contributed by atoms with Crippen molar-refractivity contribution in [2.45, 2.75) is 393 Å². The van der Waals surface area contributed by atoms with E-state index in [2.05, 4.69) is 27.7 Å². The van der Waals surface area contributed by atoms with Crippen molar-refractivity contribution in [2.75, 3.05) is 39.6 Å². The van der Waals surface area contributed by atoms with Crippen molar-refractivity contribution in [3.63, 3.8) is 0 Å². The molecule has 19 heteroatoms. The van der Waals surface area contributed by atoms with Gasteiger partial charge in [0.05, 0.1) is 26.4 Å². The Hall–Kier alpha value is -1.94. The second-order valence-electron chi connectivity index (χ2n) is 25.6. The Morgan fingerprint density at radius 1 is 0.267 bits per heavy atom. The highest BCUT2D eigenvalue weighted by molar-refractivity contribution is 7.47. The Balaban J connectivity index is 5.15. The number of aliphatic hydroxyl groups is 1. The number of aliphatic hydroxyl groups excluding tert-OH is 1. The number of hydrogen-bond donors (Lipinski definition) is 3. The highest BCUT2D eigenvalue weighted by Crippen LogP contribution is 2.45. The molecule has 5 atom stereocenters. The van der Waals surface area contributed by atoms with Gasteiger partial charge in [-0.1, -0.05) is 323 Å². The highest BCUT2D eigenvalue weighted by atomic mass is 31.2. The van der Waals surface area contributed by atoms with Crippen LogP contribution in [0.2, 0.25) is 0 Å². The van der Waals surface area contributed by atoms with Crippen LogP contribution in [0.5, 0.6) is 0 Å². The molecule has 0 radical (unpaired) electrons. The quantitative estimate of drug-likeness (QED) is 0.0222. The minimum absolute atomic E-state index is 0.107. The molecular weight excluding hydrogens is 1190 g/mol. The maximum atomic E-state index is 13.0. The predicted octanol–water partition coefficient (Wildman–Crippen LogP) is 20.7. The van der Waals surface area contributed by atoms with E-state index in [0.717, 1.165) is 96.3 Å². The van der Waals surface area contributed by atoms with E-state index >= 15 is 0 Å². The molecule has 0 aromatic carbocycles. The highest BCUT2D eigenvalue weighted by Gasteiger charge is 2.30. The van der Waals surface area contributed by atoms with E-state index < -0.39 is 97.5 Å². The summed E-state index contributed by atoms with van der Waals surface area (Å²) in [5.41, 5.74) is 0. The molecule has 90 heavy (non-hydrogen) atoms. The molecule has 0 rings (SSSR count). The molecule has 0 saturated heterocycles. The summed E-state index contributed by atoms with van der Waals surface area (Å²) in [6.45, 7) is 4.88. The van der Waals surface area contributed by atoms with E-state index in [0.29, 0.717) is 25.7 Å².